The van der Waals surface area contributed by atoms with Gasteiger partial charge in [0.05, 0.1) is 18.1 Å². The molecule has 6 aromatic rings. The van der Waals surface area contributed by atoms with E-state index < -0.39 is 0 Å². The van der Waals surface area contributed by atoms with Crippen LogP contribution in [0.5, 0.6) is 5.88 Å². The van der Waals surface area contributed by atoms with Crippen molar-refractivity contribution in [1.29, 1.82) is 0 Å². The molecule has 0 atom stereocenters. The molecule has 0 fully saturated rings. The Balaban J connectivity index is 0.000000147. The van der Waals surface area contributed by atoms with Crippen LogP contribution in [0.1, 0.15) is 32.1 Å². The molecule has 2 amide bonds. The summed E-state index contributed by atoms with van der Waals surface area (Å²) in [6, 6.07) is 13.3. The van der Waals surface area contributed by atoms with Crippen molar-refractivity contribution in [3.8, 4) is 28.1 Å². The molecule has 2 aliphatic heterocycles. The minimum atomic E-state index is -0.334. The molecule has 2 aromatic carbocycles. The number of hydrogen-bond acceptors (Lipinski definition) is 5. The standard InChI is InChI=1S/C18H16FN3O2.C17H14FN3O/c1-10-13-7-12(19)8-14(11-3-4-15(24-2)21-9-11)17(13)22-6-5-20-18(23)16(10)22;1-10-13-7-12(18)8-14(11-3-2-4-19-9-11)16(13)21-6-5-20-17(22)15(10)21/h3-4,7-9H,5-6H2,1-2H3,(H,20,23);2-4,7-9H,5-6H2,1H3,(H,20,22). The van der Waals surface area contributed by atoms with E-state index in [0.717, 1.165) is 55.2 Å². The fourth-order valence-electron chi connectivity index (χ4n) is 6.62. The van der Waals surface area contributed by atoms with E-state index in [0.29, 0.717) is 43.4 Å². The molecule has 6 heterocycles. The van der Waals surface area contributed by atoms with Gasteiger partial charge in [0.1, 0.15) is 23.0 Å². The van der Waals surface area contributed by atoms with Crippen LogP contribution in [-0.4, -0.2) is 51.1 Å². The van der Waals surface area contributed by atoms with Crippen LogP contribution in [0.3, 0.4) is 0 Å². The van der Waals surface area contributed by atoms with Crippen molar-refractivity contribution in [3.05, 3.63) is 101 Å². The molecular formula is C35H30F2N6O3. The van der Waals surface area contributed by atoms with Gasteiger partial charge in [0.25, 0.3) is 11.8 Å². The first kappa shape index (κ1) is 29.1. The lowest BCUT2D eigenvalue weighted by molar-refractivity contribution is 0.0920. The summed E-state index contributed by atoms with van der Waals surface area (Å²) in [4.78, 5) is 32.7. The van der Waals surface area contributed by atoms with Crippen LogP contribution >= 0.6 is 0 Å². The number of carbonyl (C=O) groups is 2. The summed E-state index contributed by atoms with van der Waals surface area (Å²) >= 11 is 0. The predicted octanol–water partition coefficient (Wildman–Crippen LogP) is 5.80. The summed E-state index contributed by atoms with van der Waals surface area (Å²) in [5.41, 5.74) is 7.73. The summed E-state index contributed by atoms with van der Waals surface area (Å²) in [6.07, 6.45) is 5.06. The highest BCUT2D eigenvalue weighted by Gasteiger charge is 2.27. The van der Waals surface area contributed by atoms with E-state index in [2.05, 4.69) is 20.6 Å². The minimum Gasteiger partial charge on any atom is -0.481 e. The van der Waals surface area contributed by atoms with Crippen LogP contribution in [0.25, 0.3) is 44.1 Å². The SMILES string of the molecule is COc1ccc(-c2cc(F)cc3c(C)c4n(c23)CCNC4=O)cn1.Cc1c2n(c3c(-c4cccnc4)cc(F)cc13)CCNC2=O. The predicted molar refractivity (Wildman–Crippen MR) is 171 cm³/mol. The van der Waals surface area contributed by atoms with Crippen LogP contribution in [0, 0.1) is 25.5 Å². The van der Waals surface area contributed by atoms with Gasteiger partial charge in [-0.3, -0.25) is 14.6 Å². The van der Waals surface area contributed by atoms with Crippen molar-refractivity contribution < 1.29 is 23.1 Å². The number of methoxy groups -OCH3 is 1. The molecule has 11 heteroatoms. The Bertz CT molecular complexity index is 2170. The second-order valence-electron chi connectivity index (χ2n) is 11.3. The van der Waals surface area contributed by atoms with E-state index >= 15 is 0 Å². The third kappa shape index (κ3) is 4.75. The summed E-state index contributed by atoms with van der Waals surface area (Å²) in [5.74, 6) is -0.358. The van der Waals surface area contributed by atoms with Gasteiger partial charge in [0, 0.05) is 83.9 Å². The fourth-order valence-corrected chi connectivity index (χ4v) is 6.62. The molecule has 0 spiro atoms. The molecule has 0 aliphatic carbocycles. The second-order valence-corrected chi connectivity index (χ2v) is 11.3. The van der Waals surface area contributed by atoms with Crippen LogP contribution in [-0.2, 0) is 13.1 Å². The number of hydrogen-bond donors (Lipinski definition) is 2. The zero-order valence-corrected chi connectivity index (χ0v) is 25.4. The van der Waals surface area contributed by atoms with E-state index in [9.17, 15) is 18.4 Å². The molecule has 8 rings (SSSR count). The summed E-state index contributed by atoms with van der Waals surface area (Å²) < 4.78 is 37.4. The van der Waals surface area contributed by atoms with E-state index in [4.69, 9.17) is 4.74 Å². The van der Waals surface area contributed by atoms with E-state index in [1.54, 1.807) is 31.8 Å². The van der Waals surface area contributed by atoms with Gasteiger partial charge in [0.2, 0.25) is 5.88 Å². The van der Waals surface area contributed by atoms with Crippen molar-refractivity contribution in [1.82, 2.24) is 29.7 Å². The second kappa shape index (κ2) is 11.4. The van der Waals surface area contributed by atoms with Gasteiger partial charge in [-0.2, -0.15) is 0 Å². The molecule has 9 nitrogen and oxygen atoms in total. The number of benzene rings is 2. The zero-order chi connectivity index (χ0) is 32.1. The Morgan fingerprint density at radius 1 is 0.761 bits per heavy atom. The van der Waals surface area contributed by atoms with Crippen LogP contribution in [0.4, 0.5) is 8.78 Å². The average molecular weight is 621 g/mol. The van der Waals surface area contributed by atoms with Gasteiger partial charge in [-0.05, 0) is 61.4 Å². The van der Waals surface area contributed by atoms with Crippen molar-refractivity contribution in [2.45, 2.75) is 26.9 Å². The average Bonchev–Trinajstić information content (AvgIpc) is 3.52. The highest BCUT2D eigenvalue weighted by molar-refractivity contribution is 6.07. The third-order valence-electron chi connectivity index (χ3n) is 8.65. The first-order valence-electron chi connectivity index (χ1n) is 14.9. The first-order valence-corrected chi connectivity index (χ1v) is 14.9. The number of aromatic nitrogens is 4. The molecule has 0 saturated heterocycles. The Kier molecular flexibility index (Phi) is 7.23. The van der Waals surface area contributed by atoms with Crippen molar-refractivity contribution in [2.24, 2.45) is 0 Å². The van der Waals surface area contributed by atoms with Crippen molar-refractivity contribution >= 4 is 33.6 Å². The highest BCUT2D eigenvalue weighted by atomic mass is 19.1. The van der Waals surface area contributed by atoms with Gasteiger partial charge in [0.15, 0.2) is 0 Å². The van der Waals surface area contributed by atoms with E-state index in [1.807, 2.05) is 41.2 Å². The smallest absolute Gasteiger partial charge is 0.268 e. The number of fused-ring (bicyclic) bond motifs is 6. The molecule has 232 valence electrons. The fraction of sp³-hybridized carbons (Fsp3) is 0.200. The number of halogens is 2. The largest absolute Gasteiger partial charge is 0.481 e. The van der Waals surface area contributed by atoms with Gasteiger partial charge in [-0.1, -0.05) is 6.07 Å². The lowest BCUT2D eigenvalue weighted by Gasteiger charge is -2.18. The van der Waals surface area contributed by atoms with Crippen LogP contribution < -0.4 is 15.4 Å². The Morgan fingerprint density at radius 3 is 1.76 bits per heavy atom. The molecule has 0 bridgehead atoms. The van der Waals surface area contributed by atoms with E-state index in [-0.39, 0.29) is 23.4 Å². The van der Waals surface area contributed by atoms with Gasteiger partial charge >= 0.3 is 0 Å². The number of nitrogens with one attached hydrogen (secondary N) is 2. The molecule has 2 aliphatic rings. The Morgan fingerprint density at radius 2 is 1.30 bits per heavy atom. The lowest BCUT2D eigenvalue weighted by atomic mass is 10.0. The Hall–Kier alpha value is -5.58. The maximum absolute atomic E-state index is 14.2. The molecule has 0 unspecified atom stereocenters. The van der Waals surface area contributed by atoms with Gasteiger partial charge in [-0.15, -0.1) is 0 Å². The number of amides is 2. The first-order chi connectivity index (χ1) is 22.3. The highest BCUT2D eigenvalue weighted by Crippen LogP contribution is 2.37. The van der Waals surface area contributed by atoms with E-state index in [1.165, 1.54) is 24.3 Å². The molecule has 4 aromatic heterocycles. The number of nitrogens with zero attached hydrogens (tertiary/aromatic N) is 4. The zero-order valence-electron chi connectivity index (χ0n) is 25.4. The third-order valence-corrected chi connectivity index (χ3v) is 8.65. The Labute approximate surface area is 262 Å². The van der Waals surface area contributed by atoms with Crippen molar-refractivity contribution in [2.75, 3.05) is 20.2 Å². The molecule has 2 N–H and O–H groups in total. The summed E-state index contributed by atoms with van der Waals surface area (Å²) in [5, 5.41) is 7.24. The topological polar surface area (TPSA) is 103 Å². The van der Waals surface area contributed by atoms with Crippen LogP contribution in [0.15, 0.2) is 67.1 Å². The molecular weight excluding hydrogens is 590 g/mol. The molecule has 46 heavy (non-hydrogen) atoms. The number of carbonyl (C=O) groups excluding carboxylic acids is 2. The van der Waals surface area contributed by atoms with Gasteiger partial charge < -0.3 is 24.5 Å². The molecule has 0 radical (unpaired) electrons. The maximum Gasteiger partial charge on any atom is 0.268 e. The summed E-state index contributed by atoms with van der Waals surface area (Å²) in [7, 11) is 1.55. The minimum absolute atomic E-state index is 0.0995. The van der Waals surface area contributed by atoms with Crippen molar-refractivity contribution in [3.63, 3.8) is 0 Å². The van der Waals surface area contributed by atoms with Gasteiger partial charge in [-0.25, -0.2) is 13.8 Å². The number of aryl methyl sites for hydroxylation is 2. The number of ether oxygens (including phenoxy) is 1. The monoisotopic (exact) mass is 620 g/mol. The normalized spacial score (nSPS) is 13.8. The number of pyridine rings is 2. The van der Waals surface area contributed by atoms with Crippen LogP contribution in [0.2, 0.25) is 0 Å². The number of rotatable bonds is 3. The lowest BCUT2D eigenvalue weighted by Crippen LogP contribution is -2.35. The maximum atomic E-state index is 14.2. The quantitative estimate of drug-likeness (QED) is 0.261. The summed E-state index contributed by atoms with van der Waals surface area (Å²) in [6.45, 7) is 6.21. The molecule has 0 saturated carbocycles.